The van der Waals surface area contributed by atoms with Crippen LogP contribution in [0.3, 0.4) is 0 Å². The molecule has 1 saturated heterocycles. The molecule has 0 unspecified atom stereocenters. The summed E-state index contributed by atoms with van der Waals surface area (Å²) < 4.78 is 17.3. The monoisotopic (exact) mass is 332 g/mol. The van der Waals surface area contributed by atoms with E-state index >= 15 is 0 Å². The molecule has 2 heterocycles. The second-order valence-corrected chi connectivity index (χ2v) is 6.53. The van der Waals surface area contributed by atoms with Gasteiger partial charge in [-0.05, 0) is 37.3 Å². The standard InChI is InChI=1S/C19H28N2O3/c1-3-7-22-17-5-4-16-9-15(14-24-19(16)10-17)11-20-12-18-13-21(2)6-8-23-18/h4-5,9-10,18,20H,3,6-8,11-14H2,1-2H3/t18-/m1/s1. The lowest BCUT2D eigenvalue weighted by Crippen LogP contribution is -2.45. The van der Waals surface area contributed by atoms with Gasteiger partial charge in [0.1, 0.15) is 18.1 Å². The van der Waals surface area contributed by atoms with Gasteiger partial charge in [0.2, 0.25) is 0 Å². The molecule has 0 aliphatic carbocycles. The van der Waals surface area contributed by atoms with Crippen LogP contribution < -0.4 is 14.8 Å². The Bertz CT molecular complexity index is 574. The normalized spacial score (nSPS) is 20.9. The Labute approximate surface area is 144 Å². The fourth-order valence-electron chi connectivity index (χ4n) is 2.99. The van der Waals surface area contributed by atoms with Gasteiger partial charge in [0.25, 0.3) is 0 Å². The highest BCUT2D eigenvalue weighted by molar-refractivity contribution is 5.63. The van der Waals surface area contributed by atoms with Gasteiger partial charge in [-0.1, -0.05) is 6.92 Å². The van der Waals surface area contributed by atoms with Crippen molar-refractivity contribution in [2.45, 2.75) is 19.4 Å². The molecule has 0 spiro atoms. The minimum absolute atomic E-state index is 0.277. The summed E-state index contributed by atoms with van der Waals surface area (Å²) in [5.74, 6) is 1.79. The molecule has 1 atom stereocenters. The summed E-state index contributed by atoms with van der Waals surface area (Å²) in [7, 11) is 2.14. The third-order valence-electron chi connectivity index (χ3n) is 4.30. The number of ether oxygens (including phenoxy) is 3. The summed E-state index contributed by atoms with van der Waals surface area (Å²) in [5, 5.41) is 3.49. The summed E-state index contributed by atoms with van der Waals surface area (Å²) in [6.07, 6.45) is 3.50. The molecule has 2 aliphatic rings. The number of hydrogen-bond donors (Lipinski definition) is 1. The Morgan fingerprint density at radius 3 is 3.12 bits per heavy atom. The van der Waals surface area contributed by atoms with Crippen LogP contribution in [0.2, 0.25) is 0 Å². The first-order chi connectivity index (χ1) is 11.7. The van der Waals surface area contributed by atoms with Crippen molar-refractivity contribution >= 4 is 6.08 Å². The van der Waals surface area contributed by atoms with E-state index in [1.807, 2.05) is 12.1 Å². The van der Waals surface area contributed by atoms with E-state index in [1.165, 1.54) is 5.57 Å². The lowest BCUT2D eigenvalue weighted by atomic mass is 10.1. The molecule has 5 heteroatoms. The van der Waals surface area contributed by atoms with Crippen LogP contribution in [0.1, 0.15) is 18.9 Å². The van der Waals surface area contributed by atoms with Gasteiger partial charge >= 0.3 is 0 Å². The first-order valence-corrected chi connectivity index (χ1v) is 8.84. The second kappa shape index (κ2) is 8.51. The molecule has 1 aromatic carbocycles. The predicted molar refractivity (Wildman–Crippen MR) is 95.8 cm³/mol. The van der Waals surface area contributed by atoms with E-state index in [9.17, 15) is 0 Å². The fourth-order valence-corrected chi connectivity index (χ4v) is 2.99. The number of rotatable bonds is 7. The summed E-state index contributed by atoms with van der Waals surface area (Å²) in [5.41, 5.74) is 2.38. The minimum atomic E-state index is 0.277. The first-order valence-electron chi connectivity index (χ1n) is 8.84. The SMILES string of the molecule is CCCOc1ccc2c(c1)OCC(CNC[C@@H]1CN(C)CCO1)=C2. The lowest BCUT2D eigenvalue weighted by molar-refractivity contribution is -0.0177. The van der Waals surface area contributed by atoms with Gasteiger partial charge in [0, 0.05) is 37.8 Å². The molecule has 3 rings (SSSR count). The second-order valence-electron chi connectivity index (χ2n) is 6.53. The van der Waals surface area contributed by atoms with Gasteiger partial charge in [-0.15, -0.1) is 0 Å². The van der Waals surface area contributed by atoms with E-state index < -0.39 is 0 Å². The first kappa shape index (κ1) is 17.3. The highest BCUT2D eigenvalue weighted by atomic mass is 16.5. The average Bonchev–Trinajstić information content (AvgIpc) is 2.60. The Hall–Kier alpha value is -1.56. The van der Waals surface area contributed by atoms with Gasteiger partial charge in [-0.2, -0.15) is 0 Å². The Morgan fingerprint density at radius 2 is 2.29 bits per heavy atom. The predicted octanol–water partition coefficient (Wildman–Crippen LogP) is 2.17. The van der Waals surface area contributed by atoms with E-state index in [-0.39, 0.29) is 6.10 Å². The van der Waals surface area contributed by atoms with Crippen LogP contribution in [0, 0.1) is 0 Å². The molecule has 0 amide bonds. The van der Waals surface area contributed by atoms with Crippen molar-refractivity contribution in [1.82, 2.24) is 10.2 Å². The average molecular weight is 332 g/mol. The van der Waals surface area contributed by atoms with Crippen LogP contribution in [-0.2, 0) is 4.74 Å². The van der Waals surface area contributed by atoms with E-state index in [4.69, 9.17) is 14.2 Å². The number of nitrogens with zero attached hydrogens (tertiary/aromatic N) is 1. The summed E-state index contributed by atoms with van der Waals surface area (Å²) >= 11 is 0. The molecule has 0 saturated carbocycles. The van der Waals surface area contributed by atoms with Crippen LogP contribution in [0.25, 0.3) is 6.08 Å². The van der Waals surface area contributed by atoms with Gasteiger partial charge in [0.15, 0.2) is 0 Å². The third kappa shape index (κ3) is 4.72. The molecule has 1 N–H and O–H groups in total. The zero-order valence-corrected chi connectivity index (χ0v) is 14.7. The van der Waals surface area contributed by atoms with Gasteiger partial charge in [-0.3, -0.25) is 0 Å². The van der Waals surface area contributed by atoms with Crippen molar-refractivity contribution < 1.29 is 14.2 Å². The number of benzene rings is 1. The Morgan fingerprint density at radius 1 is 1.38 bits per heavy atom. The smallest absolute Gasteiger partial charge is 0.130 e. The lowest BCUT2D eigenvalue weighted by Gasteiger charge is -2.30. The molecule has 0 aromatic heterocycles. The number of fused-ring (bicyclic) bond motifs is 1. The van der Waals surface area contributed by atoms with Gasteiger partial charge in [-0.25, -0.2) is 0 Å². The van der Waals surface area contributed by atoms with Gasteiger partial charge < -0.3 is 24.4 Å². The zero-order chi connectivity index (χ0) is 16.8. The van der Waals surface area contributed by atoms with Crippen LogP contribution >= 0.6 is 0 Å². The Balaban J connectivity index is 1.50. The minimum Gasteiger partial charge on any atom is -0.493 e. The molecule has 2 aliphatic heterocycles. The third-order valence-corrected chi connectivity index (χ3v) is 4.30. The number of likely N-dealkylation sites (N-methyl/N-ethyl adjacent to an activating group) is 1. The summed E-state index contributed by atoms with van der Waals surface area (Å²) in [6.45, 7) is 8.01. The van der Waals surface area contributed by atoms with Crippen molar-refractivity contribution in [1.29, 1.82) is 0 Å². The molecule has 5 nitrogen and oxygen atoms in total. The zero-order valence-electron chi connectivity index (χ0n) is 14.7. The molecule has 132 valence electrons. The maximum Gasteiger partial charge on any atom is 0.130 e. The van der Waals surface area contributed by atoms with E-state index in [2.05, 4.69) is 36.3 Å². The molecule has 1 aromatic rings. The number of nitrogens with one attached hydrogen (secondary N) is 1. The van der Waals surface area contributed by atoms with Crippen molar-refractivity contribution in [3.05, 3.63) is 29.3 Å². The van der Waals surface area contributed by atoms with E-state index in [1.54, 1.807) is 0 Å². The molecular weight excluding hydrogens is 304 g/mol. The van der Waals surface area contributed by atoms with Crippen LogP contribution in [0.4, 0.5) is 0 Å². The molecule has 0 radical (unpaired) electrons. The van der Waals surface area contributed by atoms with Crippen LogP contribution in [0.5, 0.6) is 11.5 Å². The highest BCUT2D eigenvalue weighted by Gasteiger charge is 2.18. The van der Waals surface area contributed by atoms with Crippen molar-refractivity contribution in [3.63, 3.8) is 0 Å². The fraction of sp³-hybridized carbons (Fsp3) is 0.579. The van der Waals surface area contributed by atoms with Crippen molar-refractivity contribution in [2.75, 3.05) is 53.0 Å². The molecular formula is C19H28N2O3. The van der Waals surface area contributed by atoms with Crippen molar-refractivity contribution in [3.8, 4) is 11.5 Å². The summed E-state index contributed by atoms with van der Waals surface area (Å²) in [4.78, 5) is 2.31. The van der Waals surface area contributed by atoms with Gasteiger partial charge in [0.05, 0.1) is 19.3 Å². The maximum absolute atomic E-state index is 5.89. The van der Waals surface area contributed by atoms with Crippen LogP contribution in [-0.4, -0.2) is 64.1 Å². The largest absolute Gasteiger partial charge is 0.493 e. The molecule has 0 bridgehead atoms. The highest BCUT2D eigenvalue weighted by Crippen LogP contribution is 2.30. The van der Waals surface area contributed by atoms with Crippen LogP contribution in [0.15, 0.2) is 23.8 Å². The number of hydrogen-bond acceptors (Lipinski definition) is 5. The Kier molecular flexibility index (Phi) is 6.12. The summed E-state index contributed by atoms with van der Waals surface area (Å²) in [6, 6.07) is 6.06. The maximum atomic E-state index is 5.89. The van der Waals surface area contributed by atoms with E-state index in [0.717, 1.165) is 62.9 Å². The topological polar surface area (TPSA) is 43.0 Å². The quantitative estimate of drug-likeness (QED) is 0.829. The van der Waals surface area contributed by atoms with Crippen molar-refractivity contribution in [2.24, 2.45) is 0 Å². The van der Waals surface area contributed by atoms with E-state index in [0.29, 0.717) is 6.61 Å². The number of morpholine rings is 1. The molecule has 1 fully saturated rings. The molecule has 24 heavy (non-hydrogen) atoms.